The van der Waals surface area contributed by atoms with Gasteiger partial charge < -0.3 is 0 Å². The van der Waals surface area contributed by atoms with Gasteiger partial charge in [-0.2, -0.15) is 0 Å². The Labute approximate surface area is 119 Å². The van der Waals surface area contributed by atoms with Crippen molar-refractivity contribution in [3.8, 4) is 0 Å². The number of benzene rings is 1. The van der Waals surface area contributed by atoms with Gasteiger partial charge in [-0.25, -0.2) is 0 Å². The van der Waals surface area contributed by atoms with E-state index in [1.807, 2.05) is 0 Å². The molecule has 0 radical (unpaired) electrons. The number of rotatable bonds is 11. The molecule has 0 atom stereocenters. The quantitative estimate of drug-likeness (QED) is 0.491. The predicted octanol–water partition coefficient (Wildman–Crippen LogP) is 3.51. The van der Waals surface area contributed by atoms with Crippen LogP contribution in [0.15, 0.2) is 30.3 Å². The fraction of sp³-hybridized carbons (Fsp3) is 0.625. The molecule has 0 spiro atoms. The van der Waals surface area contributed by atoms with Gasteiger partial charge >= 0.3 is 119 Å². The number of nitrogens with two attached hydrogens (primary N) is 1. The molecule has 0 saturated heterocycles. The zero-order chi connectivity index (χ0) is 12.9. The van der Waals surface area contributed by atoms with Crippen molar-refractivity contribution in [2.75, 3.05) is 6.54 Å². The Hall–Kier alpha value is -0.301. The van der Waals surface area contributed by atoms with Crippen molar-refractivity contribution in [2.24, 2.45) is 5.73 Å². The molecule has 1 nitrogen and oxygen atoms in total. The fourth-order valence-electron chi connectivity index (χ4n) is 2.01. The van der Waals surface area contributed by atoms with Crippen molar-refractivity contribution in [1.82, 2.24) is 0 Å². The Morgan fingerprint density at radius 3 is 1.89 bits per heavy atom. The van der Waals surface area contributed by atoms with E-state index in [1.54, 1.807) is 4.46 Å². The van der Waals surface area contributed by atoms with Gasteiger partial charge in [0.1, 0.15) is 0 Å². The summed E-state index contributed by atoms with van der Waals surface area (Å²) in [4.78, 5) is 0. The molecule has 0 amide bonds. The first-order valence-corrected chi connectivity index (χ1v) is 9.38. The van der Waals surface area contributed by atoms with Crippen LogP contribution in [0.5, 0.6) is 0 Å². The van der Waals surface area contributed by atoms with Crippen molar-refractivity contribution >= 4 is 19.4 Å². The van der Waals surface area contributed by atoms with Gasteiger partial charge in [0, 0.05) is 0 Å². The third-order valence-electron chi connectivity index (χ3n) is 3.11. The summed E-state index contributed by atoms with van der Waals surface area (Å²) in [5.74, 6) is 0. The van der Waals surface area contributed by atoms with Gasteiger partial charge in [0.15, 0.2) is 0 Å². The van der Waals surface area contributed by atoms with E-state index >= 15 is 0 Å². The minimum absolute atomic E-state index is 0.697. The van der Waals surface area contributed by atoms with E-state index in [4.69, 9.17) is 5.73 Å². The molecule has 0 bridgehead atoms. The van der Waals surface area contributed by atoms with Crippen LogP contribution in [-0.2, 0) is 0 Å². The predicted molar refractivity (Wildman–Crippen MR) is 82.6 cm³/mol. The van der Waals surface area contributed by atoms with Crippen molar-refractivity contribution < 1.29 is 0 Å². The summed E-state index contributed by atoms with van der Waals surface area (Å²) >= 11 is 0.697. The molecule has 1 aromatic carbocycles. The normalized spacial score (nSPS) is 10.7. The Balaban J connectivity index is 1.82. The third-order valence-corrected chi connectivity index (χ3v) is 5.41. The van der Waals surface area contributed by atoms with Gasteiger partial charge in [-0.15, -0.1) is 0 Å². The maximum absolute atomic E-state index is 5.47. The topological polar surface area (TPSA) is 26.0 Å². The van der Waals surface area contributed by atoms with Gasteiger partial charge in [-0.05, 0) is 0 Å². The molecule has 0 aliphatic carbocycles. The molecule has 1 aromatic rings. The number of hydrogen-bond acceptors (Lipinski definition) is 1. The van der Waals surface area contributed by atoms with Crippen LogP contribution < -0.4 is 10.2 Å². The average molecular weight is 312 g/mol. The summed E-state index contributed by atoms with van der Waals surface area (Å²) in [6.45, 7) is 0.863. The van der Waals surface area contributed by atoms with Crippen LogP contribution in [0.3, 0.4) is 0 Å². The molecule has 1 rings (SSSR count). The van der Waals surface area contributed by atoms with E-state index in [-0.39, 0.29) is 0 Å². The molecule has 2 heteroatoms. The van der Waals surface area contributed by atoms with Crippen LogP contribution in [0.4, 0.5) is 0 Å². The van der Waals surface area contributed by atoms with E-state index in [2.05, 4.69) is 30.3 Å². The van der Waals surface area contributed by atoms with Crippen LogP contribution in [0, 0.1) is 0 Å². The van der Waals surface area contributed by atoms with Crippen LogP contribution in [0.1, 0.15) is 51.4 Å². The van der Waals surface area contributed by atoms with Crippen molar-refractivity contribution in [3.05, 3.63) is 30.3 Å². The maximum atomic E-state index is 5.47. The third kappa shape index (κ3) is 8.74. The molecule has 0 aliphatic rings. The number of hydrogen-bond donors (Lipinski definition) is 1. The van der Waals surface area contributed by atoms with Gasteiger partial charge in [0.2, 0.25) is 0 Å². The second-order valence-corrected chi connectivity index (χ2v) is 7.23. The van der Waals surface area contributed by atoms with Crippen molar-refractivity contribution in [1.29, 1.82) is 0 Å². The first-order chi connectivity index (χ1) is 8.93. The summed E-state index contributed by atoms with van der Waals surface area (Å²) in [7, 11) is 0. The Morgan fingerprint density at radius 1 is 0.722 bits per heavy atom. The van der Waals surface area contributed by atoms with Gasteiger partial charge in [0.25, 0.3) is 0 Å². The molecular weight excluding hydrogens is 285 g/mol. The van der Waals surface area contributed by atoms with E-state index < -0.39 is 0 Å². The first-order valence-electron chi connectivity index (χ1n) is 7.31. The standard InChI is InChI=1S/C16H27NSe/c17-14-10-5-3-1-2-4-6-11-15-18-16-12-8-7-9-13-16/h7-9,12-13H,1-6,10-11,14-15,17H2. The SMILES string of the molecule is NCCCCCCCCCC[Se]c1ccccc1. The molecule has 0 aliphatic heterocycles. The number of unbranched alkanes of at least 4 members (excludes halogenated alkanes) is 7. The van der Waals surface area contributed by atoms with Crippen LogP contribution in [0.2, 0.25) is 5.32 Å². The first kappa shape index (κ1) is 15.8. The summed E-state index contributed by atoms with van der Waals surface area (Å²) in [6, 6.07) is 10.9. The molecule has 18 heavy (non-hydrogen) atoms. The van der Waals surface area contributed by atoms with Crippen molar-refractivity contribution in [3.63, 3.8) is 0 Å². The van der Waals surface area contributed by atoms with Gasteiger partial charge in [-0.1, -0.05) is 0 Å². The minimum atomic E-state index is 0.697. The van der Waals surface area contributed by atoms with Gasteiger partial charge in [-0.3, -0.25) is 0 Å². The van der Waals surface area contributed by atoms with Gasteiger partial charge in [0.05, 0.1) is 0 Å². The summed E-state index contributed by atoms with van der Waals surface area (Å²) in [6.07, 6.45) is 11.0. The Bertz CT molecular complexity index is 274. The molecule has 2 N–H and O–H groups in total. The Kier molecular flexibility index (Phi) is 10.3. The van der Waals surface area contributed by atoms with E-state index in [9.17, 15) is 0 Å². The van der Waals surface area contributed by atoms with Crippen LogP contribution in [0.25, 0.3) is 0 Å². The van der Waals surface area contributed by atoms with E-state index in [0.717, 1.165) is 6.54 Å². The molecule has 0 heterocycles. The van der Waals surface area contributed by atoms with E-state index in [1.165, 1.54) is 56.7 Å². The fourth-order valence-corrected chi connectivity index (χ4v) is 3.97. The molecule has 102 valence electrons. The molecule has 0 saturated carbocycles. The summed E-state index contributed by atoms with van der Waals surface area (Å²) in [5.41, 5.74) is 5.47. The molecule has 0 fully saturated rings. The average Bonchev–Trinajstić information content (AvgIpc) is 2.42. The Morgan fingerprint density at radius 2 is 1.28 bits per heavy atom. The summed E-state index contributed by atoms with van der Waals surface area (Å²) in [5, 5.41) is 1.41. The molecule has 0 unspecified atom stereocenters. The second-order valence-electron chi connectivity index (χ2n) is 4.78. The summed E-state index contributed by atoms with van der Waals surface area (Å²) < 4.78 is 1.55. The molecular formula is C16H27NSe. The zero-order valence-electron chi connectivity index (χ0n) is 11.4. The van der Waals surface area contributed by atoms with Crippen LogP contribution in [-0.4, -0.2) is 21.5 Å². The monoisotopic (exact) mass is 313 g/mol. The van der Waals surface area contributed by atoms with Crippen LogP contribution >= 0.6 is 0 Å². The molecule has 0 aromatic heterocycles. The zero-order valence-corrected chi connectivity index (χ0v) is 13.2. The second kappa shape index (κ2) is 11.8. The van der Waals surface area contributed by atoms with Crippen molar-refractivity contribution in [2.45, 2.75) is 56.7 Å². The van der Waals surface area contributed by atoms with E-state index in [0.29, 0.717) is 15.0 Å².